The second-order valence-corrected chi connectivity index (χ2v) is 6.30. The number of hydrogen-bond acceptors (Lipinski definition) is 3. The van der Waals surface area contributed by atoms with E-state index in [0.29, 0.717) is 26.2 Å². The predicted molar refractivity (Wildman–Crippen MR) is 86.9 cm³/mol. The SMILES string of the molecule is O=C(NC1CCOCC1)[C@@H]1CCCN1C(=O)Cc1ccccc1. The van der Waals surface area contributed by atoms with E-state index in [1.54, 1.807) is 4.90 Å². The lowest BCUT2D eigenvalue weighted by Crippen LogP contribution is -2.50. The Bertz CT molecular complexity index is 540. The minimum atomic E-state index is -0.311. The molecule has 2 fully saturated rings. The number of ether oxygens (including phenoxy) is 1. The fourth-order valence-electron chi connectivity index (χ4n) is 3.35. The minimum Gasteiger partial charge on any atom is -0.381 e. The van der Waals surface area contributed by atoms with Crippen molar-refractivity contribution < 1.29 is 14.3 Å². The topological polar surface area (TPSA) is 58.6 Å². The van der Waals surface area contributed by atoms with E-state index in [2.05, 4.69) is 5.32 Å². The molecule has 2 amide bonds. The van der Waals surface area contributed by atoms with Crippen LogP contribution in [0.2, 0.25) is 0 Å². The number of carbonyl (C=O) groups is 2. The maximum Gasteiger partial charge on any atom is 0.243 e. The normalized spacial score (nSPS) is 22.1. The van der Waals surface area contributed by atoms with Gasteiger partial charge >= 0.3 is 0 Å². The molecule has 5 nitrogen and oxygen atoms in total. The van der Waals surface area contributed by atoms with Crippen molar-refractivity contribution >= 4 is 11.8 Å². The highest BCUT2D eigenvalue weighted by molar-refractivity contribution is 5.89. The summed E-state index contributed by atoms with van der Waals surface area (Å²) in [6, 6.07) is 9.57. The first-order valence-corrected chi connectivity index (χ1v) is 8.45. The summed E-state index contributed by atoms with van der Waals surface area (Å²) in [6.45, 7) is 2.08. The standard InChI is InChI=1S/C18H24N2O3/c21-17(13-14-5-2-1-3-6-14)20-10-4-7-16(20)18(22)19-15-8-11-23-12-9-15/h1-3,5-6,15-16H,4,7-13H2,(H,19,22)/t16-/m0/s1. The molecule has 2 saturated heterocycles. The lowest BCUT2D eigenvalue weighted by Gasteiger charge is -2.28. The van der Waals surface area contributed by atoms with Crippen LogP contribution in [0.5, 0.6) is 0 Å². The number of likely N-dealkylation sites (tertiary alicyclic amines) is 1. The van der Waals surface area contributed by atoms with Gasteiger partial charge in [0.15, 0.2) is 0 Å². The van der Waals surface area contributed by atoms with Gasteiger partial charge in [-0.15, -0.1) is 0 Å². The summed E-state index contributed by atoms with van der Waals surface area (Å²) in [5.74, 6) is 0.0386. The monoisotopic (exact) mass is 316 g/mol. The average Bonchev–Trinajstić information content (AvgIpc) is 3.06. The van der Waals surface area contributed by atoms with Crippen LogP contribution in [0.3, 0.4) is 0 Å². The van der Waals surface area contributed by atoms with Gasteiger partial charge in [0.25, 0.3) is 0 Å². The third-order valence-electron chi connectivity index (χ3n) is 4.64. The summed E-state index contributed by atoms with van der Waals surface area (Å²) >= 11 is 0. The van der Waals surface area contributed by atoms with Crippen molar-refractivity contribution in [2.24, 2.45) is 0 Å². The second kappa shape index (κ2) is 7.59. The van der Waals surface area contributed by atoms with E-state index in [0.717, 1.165) is 31.2 Å². The van der Waals surface area contributed by atoms with Gasteiger partial charge in [0.2, 0.25) is 11.8 Å². The molecule has 1 aromatic rings. The number of amides is 2. The van der Waals surface area contributed by atoms with Gasteiger partial charge in [-0.25, -0.2) is 0 Å². The van der Waals surface area contributed by atoms with Gasteiger partial charge in [0.1, 0.15) is 6.04 Å². The zero-order chi connectivity index (χ0) is 16.1. The summed E-state index contributed by atoms with van der Waals surface area (Å²) in [5.41, 5.74) is 0.994. The van der Waals surface area contributed by atoms with Crippen LogP contribution in [0.4, 0.5) is 0 Å². The van der Waals surface area contributed by atoms with E-state index < -0.39 is 0 Å². The third kappa shape index (κ3) is 4.10. The Morgan fingerprint density at radius 2 is 1.87 bits per heavy atom. The molecule has 5 heteroatoms. The van der Waals surface area contributed by atoms with Crippen molar-refractivity contribution in [1.29, 1.82) is 0 Å². The molecular weight excluding hydrogens is 292 g/mol. The average molecular weight is 316 g/mol. The zero-order valence-electron chi connectivity index (χ0n) is 13.4. The molecular formula is C18H24N2O3. The molecule has 1 N–H and O–H groups in total. The van der Waals surface area contributed by atoms with Crippen molar-refractivity contribution in [2.45, 2.75) is 44.2 Å². The van der Waals surface area contributed by atoms with Crippen LogP contribution in [0.1, 0.15) is 31.2 Å². The van der Waals surface area contributed by atoms with Gasteiger partial charge in [0, 0.05) is 25.8 Å². The lowest BCUT2D eigenvalue weighted by molar-refractivity contribution is -0.138. The van der Waals surface area contributed by atoms with Gasteiger partial charge in [-0.1, -0.05) is 30.3 Å². The highest BCUT2D eigenvalue weighted by Crippen LogP contribution is 2.20. The van der Waals surface area contributed by atoms with E-state index in [1.807, 2.05) is 30.3 Å². The van der Waals surface area contributed by atoms with Crippen LogP contribution in [-0.4, -0.2) is 48.6 Å². The molecule has 2 aliphatic rings. The molecule has 2 aliphatic heterocycles. The molecule has 0 aromatic heterocycles. The summed E-state index contributed by atoms with van der Waals surface area (Å²) in [5, 5.41) is 3.10. The predicted octanol–water partition coefficient (Wildman–Crippen LogP) is 1.52. The van der Waals surface area contributed by atoms with E-state index in [1.165, 1.54) is 0 Å². The first kappa shape index (κ1) is 16.0. The second-order valence-electron chi connectivity index (χ2n) is 6.30. The van der Waals surface area contributed by atoms with Crippen molar-refractivity contribution in [1.82, 2.24) is 10.2 Å². The molecule has 1 atom stereocenters. The van der Waals surface area contributed by atoms with Crippen LogP contribution in [0.15, 0.2) is 30.3 Å². The summed E-state index contributed by atoms with van der Waals surface area (Å²) in [4.78, 5) is 26.8. The Hall–Kier alpha value is -1.88. The van der Waals surface area contributed by atoms with Gasteiger partial charge in [-0.2, -0.15) is 0 Å². The summed E-state index contributed by atoms with van der Waals surface area (Å²) < 4.78 is 5.32. The van der Waals surface area contributed by atoms with Crippen molar-refractivity contribution in [2.75, 3.05) is 19.8 Å². The van der Waals surface area contributed by atoms with Crippen molar-refractivity contribution in [3.05, 3.63) is 35.9 Å². The molecule has 1 aromatic carbocycles. The van der Waals surface area contributed by atoms with Crippen LogP contribution >= 0.6 is 0 Å². The molecule has 2 heterocycles. The van der Waals surface area contributed by atoms with Crippen LogP contribution in [0.25, 0.3) is 0 Å². The van der Waals surface area contributed by atoms with E-state index >= 15 is 0 Å². The number of nitrogens with one attached hydrogen (secondary N) is 1. The number of benzene rings is 1. The van der Waals surface area contributed by atoms with Gasteiger partial charge in [-0.3, -0.25) is 9.59 Å². The van der Waals surface area contributed by atoms with Gasteiger partial charge < -0.3 is 15.0 Å². The molecule has 0 unspecified atom stereocenters. The molecule has 0 radical (unpaired) electrons. The Morgan fingerprint density at radius 3 is 2.61 bits per heavy atom. The minimum absolute atomic E-state index is 0.00388. The number of nitrogens with zero attached hydrogens (tertiary/aromatic N) is 1. The maximum absolute atomic E-state index is 12.5. The number of rotatable bonds is 4. The van der Waals surface area contributed by atoms with Gasteiger partial charge in [0.05, 0.1) is 6.42 Å². The number of carbonyl (C=O) groups excluding carboxylic acids is 2. The molecule has 3 rings (SSSR count). The lowest BCUT2D eigenvalue weighted by atomic mass is 10.1. The maximum atomic E-state index is 12.5. The smallest absolute Gasteiger partial charge is 0.243 e. The Kier molecular flexibility index (Phi) is 5.28. The molecule has 23 heavy (non-hydrogen) atoms. The van der Waals surface area contributed by atoms with Crippen LogP contribution in [-0.2, 0) is 20.7 Å². The zero-order valence-corrected chi connectivity index (χ0v) is 13.4. The highest BCUT2D eigenvalue weighted by atomic mass is 16.5. The fraction of sp³-hybridized carbons (Fsp3) is 0.556. The quantitative estimate of drug-likeness (QED) is 0.916. The van der Waals surface area contributed by atoms with Crippen molar-refractivity contribution in [3.63, 3.8) is 0 Å². The fourth-order valence-corrected chi connectivity index (χ4v) is 3.35. The Labute approximate surface area is 137 Å². The first-order valence-electron chi connectivity index (χ1n) is 8.45. The molecule has 0 saturated carbocycles. The van der Waals surface area contributed by atoms with E-state index in [-0.39, 0.29) is 23.9 Å². The first-order chi connectivity index (χ1) is 11.2. The van der Waals surface area contributed by atoms with Gasteiger partial charge in [-0.05, 0) is 31.2 Å². The van der Waals surface area contributed by atoms with E-state index in [4.69, 9.17) is 4.74 Å². The summed E-state index contributed by atoms with van der Waals surface area (Å²) in [7, 11) is 0. The van der Waals surface area contributed by atoms with E-state index in [9.17, 15) is 9.59 Å². The molecule has 0 bridgehead atoms. The largest absolute Gasteiger partial charge is 0.381 e. The molecule has 124 valence electrons. The Balaban J connectivity index is 1.58. The van der Waals surface area contributed by atoms with Crippen molar-refractivity contribution in [3.8, 4) is 0 Å². The van der Waals surface area contributed by atoms with Crippen LogP contribution in [0, 0.1) is 0 Å². The number of hydrogen-bond donors (Lipinski definition) is 1. The summed E-state index contributed by atoms with van der Waals surface area (Å²) in [6.07, 6.45) is 3.73. The van der Waals surface area contributed by atoms with Crippen LogP contribution < -0.4 is 5.32 Å². The molecule has 0 spiro atoms. The Morgan fingerprint density at radius 1 is 1.13 bits per heavy atom. The highest BCUT2D eigenvalue weighted by Gasteiger charge is 2.34. The molecule has 0 aliphatic carbocycles. The third-order valence-corrected chi connectivity index (χ3v) is 4.64.